The number of nitrogens with zero attached hydrogens (tertiary/aromatic N) is 1. The number of benzene rings is 1. The van der Waals surface area contributed by atoms with Gasteiger partial charge in [-0.3, -0.25) is 14.9 Å². The first-order valence-electron chi connectivity index (χ1n) is 6.00. The zero-order valence-corrected chi connectivity index (χ0v) is 11.3. The van der Waals surface area contributed by atoms with Gasteiger partial charge in [0.1, 0.15) is 0 Å². The van der Waals surface area contributed by atoms with Gasteiger partial charge >= 0.3 is 5.97 Å². The largest absolute Gasteiger partial charge is 0.469 e. The molecule has 2 unspecified atom stereocenters. The van der Waals surface area contributed by atoms with E-state index in [-0.39, 0.29) is 23.6 Å². The Kier molecular flexibility index (Phi) is 5.44. The summed E-state index contributed by atoms with van der Waals surface area (Å²) >= 11 is 0. The standard InChI is InChI=1S/C13H18N2O4/c1-9(13(16)19-3)10(2)14-8-11-5-4-6-12(7-11)15(17)18/h4-7,9-10,14H,8H2,1-3H3. The fourth-order valence-corrected chi connectivity index (χ4v) is 1.63. The summed E-state index contributed by atoms with van der Waals surface area (Å²) in [6.07, 6.45) is 0. The Labute approximate surface area is 111 Å². The molecule has 0 spiro atoms. The molecule has 1 rings (SSSR count). The second kappa shape index (κ2) is 6.84. The van der Waals surface area contributed by atoms with Crippen LogP contribution in [0.4, 0.5) is 5.69 Å². The van der Waals surface area contributed by atoms with Crippen LogP contribution in [0.1, 0.15) is 19.4 Å². The van der Waals surface area contributed by atoms with Crippen molar-refractivity contribution in [3.63, 3.8) is 0 Å². The van der Waals surface area contributed by atoms with Crippen LogP contribution in [0.15, 0.2) is 24.3 Å². The Morgan fingerprint density at radius 3 is 2.74 bits per heavy atom. The van der Waals surface area contributed by atoms with E-state index in [1.807, 2.05) is 6.92 Å². The van der Waals surface area contributed by atoms with E-state index < -0.39 is 4.92 Å². The third-order valence-corrected chi connectivity index (χ3v) is 3.07. The number of carbonyl (C=O) groups excluding carboxylic acids is 1. The SMILES string of the molecule is COC(=O)C(C)C(C)NCc1cccc([N+](=O)[O-])c1. The fraction of sp³-hybridized carbons (Fsp3) is 0.462. The summed E-state index contributed by atoms with van der Waals surface area (Å²) in [4.78, 5) is 21.6. The molecule has 0 radical (unpaired) electrons. The highest BCUT2D eigenvalue weighted by molar-refractivity contribution is 5.72. The summed E-state index contributed by atoms with van der Waals surface area (Å²) in [7, 11) is 1.35. The summed E-state index contributed by atoms with van der Waals surface area (Å²) in [5, 5.41) is 13.8. The lowest BCUT2D eigenvalue weighted by atomic mass is 10.0. The minimum Gasteiger partial charge on any atom is -0.469 e. The number of ether oxygens (including phenoxy) is 1. The number of hydrogen-bond acceptors (Lipinski definition) is 5. The number of hydrogen-bond donors (Lipinski definition) is 1. The van der Waals surface area contributed by atoms with E-state index in [0.29, 0.717) is 6.54 Å². The van der Waals surface area contributed by atoms with Crippen molar-refractivity contribution < 1.29 is 14.5 Å². The van der Waals surface area contributed by atoms with Gasteiger partial charge in [-0.2, -0.15) is 0 Å². The Hall–Kier alpha value is -1.95. The average molecular weight is 266 g/mol. The van der Waals surface area contributed by atoms with Crippen LogP contribution >= 0.6 is 0 Å². The molecule has 19 heavy (non-hydrogen) atoms. The van der Waals surface area contributed by atoms with E-state index in [2.05, 4.69) is 10.1 Å². The smallest absolute Gasteiger partial charge is 0.309 e. The lowest BCUT2D eigenvalue weighted by Crippen LogP contribution is -2.36. The second-order valence-corrected chi connectivity index (χ2v) is 4.41. The molecule has 0 aliphatic rings. The molecule has 6 nitrogen and oxygen atoms in total. The number of nitrogens with one attached hydrogen (secondary N) is 1. The van der Waals surface area contributed by atoms with Gasteiger partial charge in [0, 0.05) is 24.7 Å². The predicted octanol–water partition coefficient (Wildman–Crippen LogP) is 1.88. The highest BCUT2D eigenvalue weighted by atomic mass is 16.6. The van der Waals surface area contributed by atoms with E-state index in [1.165, 1.54) is 19.2 Å². The summed E-state index contributed by atoms with van der Waals surface area (Å²) in [6, 6.07) is 6.33. The molecule has 0 amide bonds. The minimum absolute atomic E-state index is 0.0629. The lowest BCUT2D eigenvalue weighted by molar-refractivity contribution is -0.384. The molecule has 1 aromatic carbocycles. The van der Waals surface area contributed by atoms with Gasteiger partial charge < -0.3 is 10.1 Å². The molecule has 1 N–H and O–H groups in total. The van der Waals surface area contributed by atoms with Crippen molar-refractivity contribution in [2.24, 2.45) is 5.92 Å². The first-order valence-corrected chi connectivity index (χ1v) is 6.00. The molecule has 0 aliphatic carbocycles. The summed E-state index contributed by atoms with van der Waals surface area (Å²) < 4.78 is 4.67. The number of nitro groups is 1. The lowest BCUT2D eigenvalue weighted by Gasteiger charge is -2.19. The summed E-state index contributed by atoms with van der Waals surface area (Å²) in [5.41, 5.74) is 0.867. The van der Waals surface area contributed by atoms with Gasteiger partial charge in [0.2, 0.25) is 0 Å². The van der Waals surface area contributed by atoms with Crippen molar-refractivity contribution in [2.45, 2.75) is 26.4 Å². The number of rotatable bonds is 6. The van der Waals surface area contributed by atoms with E-state index in [9.17, 15) is 14.9 Å². The molecular formula is C13H18N2O4. The molecule has 1 aromatic rings. The first-order chi connectivity index (χ1) is 8.95. The van der Waals surface area contributed by atoms with Gasteiger partial charge in [0.05, 0.1) is 18.0 Å². The van der Waals surface area contributed by atoms with E-state index in [1.54, 1.807) is 19.1 Å². The van der Waals surface area contributed by atoms with Crippen molar-refractivity contribution in [1.82, 2.24) is 5.32 Å². The van der Waals surface area contributed by atoms with Crippen molar-refractivity contribution in [2.75, 3.05) is 7.11 Å². The Morgan fingerprint density at radius 1 is 1.47 bits per heavy atom. The van der Waals surface area contributed by atoms with Gasteiger partial charge in [0.25, 0.3) is 5.69 Å². The third kappa shape index (κ3) is 4.33. The van der Waals surface area contributed by atoms with Crippen LogP contribution in [0, 0.1) is 16.0 Å². The zero-order valence-electron chi connectivity index (χ0n) is 11.3. The molecule has 0 fully saturated rings. The highest BCUT2D eigenvalue weighted by Gasteiger charge is 2.20. The van der Waals surface area contributed by atoms with Crippen molar-refractivity contribution in [3.8, 4) is 0 Å². The van der Waals surface area contributed by atoms with Gasteiger partial charge in [0.15, 0.2) is 0 Å². The van der Waals surface area contributed by atoms with Crippen LogP contribution in [0.25, 0.3) is 0 Å². The third-order valence-electron chi connectivity index (χ3n) is 3.07. The molecule has 104 valence electrons. The topological polar surface area (TPSA) is 81.5 Å². The number of non-ortho nitro benzene ring substituents is 1. The Morgan fingerprint density at radius 2 is 2.16 bits per heavy atom. The number of esters is 1. The first kappa shape index (κ1) is 15.1. The predicted molar refractivity (Wildman–Crippen MR) is 70.6 cm³/mol. The van der Waals surface area contributed by atoms with E-state index in [4.69, 9.17) is 0 Å². The molecule has 6 heteroatoms. The van der Waals surface area contributed by atoms with Gasteiger partial charge in [-0.15, -0.1) is 0 Å². The van der Waals surface area contributed by atoms with Gasteiger partial charge in [-0.25, -0.2) is 0 Å². The van der Waals surface area contributed by atoms with Crippen LogP contribution in [0.2, 0.25) is 0 Å². The average Bonchev–Trinajstić information content (AvgIpc) is 2.43. The van der Waals surface area contributed by atoms with Crippen molar-refractivity contribution >= 4 is 11.7 Å². The molecule has 0 aromatic heterocycles. The highest BCUT2D eigenvalue weighted by Crippen LogP contribution is 2.13. The molecule has 0 saturated heterocycles. The van der Waals surface area contributed by atoms with Crippen LogP contribution in [0.3, 0.4) is 0 Å². The molecule has 0 saturated carbocycles. The van der Waals surface area contributed by atoms with Gasteiger partial charge in [-0.05, 0) is 12.5 Å². The Bertz CT molecular complexity index is 462. The molecule has 0 aliphatic heterocycles. The molecule has 2 atom stereocenters. The quantitative estimate of drug-likeness (QED) is 0.483. The van der Waals surface area contributed by atoms with Crippen LogP contribution in [0.5, 0.6) is 0 Å². The summed E-state index contributed by atoms with van der Waals surface area (Å²) in [5.74, 6) is -0.553. The maximum atomic E-state index is 11.4. The Balaban J connectivity index is 2.59. The molecule has 0 heterocycles. The van der Waals surface area contributed by atoms with Crippen molar-refractivity contribution in [3.05, 3.63) is 39.9 Å². The summed E-state index contributed by atoms with van der Waals surface area (Å²) in [6.45, 7) is 4.11. The zero-order chi connectivity index (χ0) is 14.4. The normalized spacial score (nSPS) is 13.6. The maximum absolute atomic E-state index is 11.4. The number of carbonyl (C=O) groups is 1. The van der Waals surface area contributed by atoms with Crippen LogP contribution in [-0.4, -0.2) is 24.0 Å². The maximum Gasteiger partial charge on any atom is 0.309 e. The number of nitro benzene ring substituents is 1. The molecular weight excluding hydrogens is 248 g/mol. The minimum atomic E-state index is -0.427. The van der Waals surface area contributed by atoms with Crippen molar-refractivity contribution in [1.29, 1.82) is 0 Å². The second-order valence-electron chi connectivity index (χ2n) is 4.41. The van der Waals surface area contributed by atoms with Crippen LogP contribution < -0.4 is 5.32 Å². The van der Waals surface area contributed by atoms with E-state index >= 15 is 0 Å². The number of methoxy groups -OCH3 is 1. The van der Waals surface area contributed by atoms with Gasteiger partial charge in [-0.1, -0.05) is 19.1 Å². The van der Waals surface area contributed by atoms with E-state index in [0.717, 1.165) is 5.56 Å². The fourth-order valence-electron chi connectivity index (χ4n) is 1.63. The molecule has 0 bridgehead atoms. The van der Waals surface area contributed by atoms with Crippen LogP contribution in [-0.2, 0) is 16.1 Å². The monoisotopic (exact) mass is 266 g/mol.